The Labute approximate surface area is 177 Å². The van der Waals surface area contributed by atoms with Gasteiger partial charge in [-0.05, 0) is 64.4 Å². The van der Waals surface area contributed by atoms with Crippen LogP contribution in [0.4, 0.5) is 4.79 Å². The SMILES string of the molecule is C[C@@H](OC(=O)C1(N(C)C(=O)OC(C)(C)C)C[C@H]1C1CC1)C(=O)OCc1ccccc1. The van der Waals surface area contributed by atoms with E-state index in [0.717, 1.165) is 18.4 Å². The summed E-state index contributed by atoms with van der Waals surface area (Å²) in [6.07, 6.45) is 0.970. The minimum atomic E-state index is -1.07. The van der Waals surface area contributed by atoms with Crippen molar-refractivity contribution in [3.63, 3.8) is 0 Å². The lowest BCUT2D eigenvalue weighted by Gasteiger charge is -2.31. The van der Waals surface area contributed by atoms with Gasteiger partial charge in [-0.15, -0.1) is 0 Å². The molecule has 0 N–H and O–H groups in total. The molecule has 7 heteroatoms. The van der Waals surface area contributed by atoms with E-state index < -0.39 is 35.3 Å². The number of esters is 2. The van der Waals surface area contributed by atoms with E-state index in [1.807, 2.05) is 30.3 Å². The van der Waals surface area contributed by atoms with E-state index in [-0.39, 0.29) is 12.5 Å². The molecule has 2 saturated carbocycles. The second kappa shape index (κ2) is 8.28. The highest BCUT2D eigenvalue weighted by molar-refractivity contribution is 5.91. The van der Waals surface area contributed by atoms with Crippen LogP contribution in [0, 0.1) is 11.8 Å². The number of ether oxygens (including phenoxy) is 3. The first-order valence-electron chi connectivity index (χ1n) is 10.4. The van der Waals surface area contributed by atoms with E-state index in [4.69, 9.17) is 14.2 Å². The molecule has 0 spiro atoms. The molecule has 1 amide bonds. The van der Waals surface area contributed by atoms with Gasteiger partial charge in [0.1, 0.15) is 17.7 Å². The number of rotatable bonds is 7. The predicted octanol–water partition coefficient (Wildman–Crippen LogP) is 3.70. The van der Waals surface area contributed by atoms with Crippen molar-refractivity contribution in [1.29, 1.82) is 0 Å². The van der Waals surface area contributed by atoms with Crippen LogP contribution in [0.25, 0.3) is 0 Å². The molecule has 7 nitrogen and oxygen atoms in total. The van der Waals surface area contributed by atoms with Crippen molar-refractivity contribution in [3.05, 3.63) is 35.9 Å². The van der Waals surface area contributed by atoms with Crippen LogP contribution < -0.4 is 0 Å². The molecule has 3 atom stereocenters. The highest BCUT2D eigenvalue weighted by atomic mass is 16.6. The lowest BCUT2D eigenvalue weighted by molar-refractivity contribution is -0.171. The first-order chi connectivity index (χ1) is 14.0. The normalized spacial score (nSPS) is 23.8. The molecule has 2 fully saturated rings. The van der Waals surface area contributed by atoms with Crippen LogP contribution in [0.5, 0.6) is 0 Å². The second-order valence-corrected chi connectivity index (χ2v) is 9.25. The Bertz CT molecular complexity index is 798. The van der Waals surface area contributed by atoms with Gasteiger partial charge >= 0.3 is 18.0 Å². The number of likely N-dealkylation sites (N-methyl/N-ethyl adjacent to an activating group) is 1. The molecular formula is C23H31NO6. The summed E-state index contributed by atoms with van der Waals surface area (Å²) >= 11 is 0. The molecule has 0 saturated heterocycles. The van der Waals surface area contributed by atoms with Gasteiger partial charge in [-0.1, -0.05) is 30.3 Å². The number of amides is 1. The smallest absolute Gasteiger partial charge is 0.410 e. The number of hydrogen-bond acceptors (Lipinski definition) is 6. The predicted molar refractivity (Wildman–Crippen MR) is 109 cm³/mol. The second-order valence-electron chi connectivity index (χ2n) is 9.25. The van der Waals surface area contributed by atoms with Crippen molar-refractivity contribution >= 4 is 18.0 Å². The molecule has 0 bridgehead atoms. The van der Waals surface area contributed by atoms with Gasteiger partial charge in [0, 0.05) is 7.05 Å². The third kappa shape index (κ3) is 4.94. The largest absolute Gasteiger partial charge is 0.458 e. The Morgan fingerprint density at radius 1 is 1.17 bits per heavy atom. The van der Waals surface area contributed by atoms with Crippen LogP contribution in [0.3, 0.4) is 0 Å². The summed E-state index contributed by atoms with van der Waals surface area (Å²) < 4.78 is 16.2. The molecule has 1 aromatic carbocycles. The van der Waals surface area contributed by atoms with Gasteiger partial charge in [0.2, 0.25) is 0 Å². The molecule has 0 aromatic heterocycles. The first kappa shape index (κ1) is 22.1. The summed E-state index contributed by atoms with van der Waals surface area (Å²) in [7, 11) is 1.57. The lowest BCUT2D eigenvalue weighted by atomic mass is 10.1. The van der Waals surface area contributed by atoms with Gasteiger partial charge in [-0.25, -0.2) is 14.4 Å². The number of nitrogens with zero attached hydrogens (tertiary/aromatic N) is 1. The van der Waals surface area contributed by atoms with Crippen molar-refractivity contribution in [2.75, 3.05) is 7.05 Å². The van der Waals surface area contributed by atoms with Crippen molar-refractivity contribution in [2.45, 2.75) is 70.8 Å². The Kier molecular flexibility index (Phi) is 6.11. The Balaban J connectivity index is 1.62. The zero-order chi connectivity index (χ0) is 22.1. The van der Waals surface area contributed by atoms with Crippen molar-refractivity contribution in [1.82, 2.24) is 4.90 Å². The van der Waals surface area contributed by atoms with Crippen molar-refractivity contribution < 1.29 is 28.6 Å². The fourth-order valence-electron chi connectivity index (χ4n) is 3.74. The summed E-state index contributed by atoms with van der Waals surface area (Å²) in [4.78, 5) is 39.4. The highest BCUT2D eigenvalue weighted by Gasteiger charge is 2.70. The van der Waals surface area contributed by atoms with Crippen LogP contribution in [-0.2, 0) is 30.4 Å². The Morgan fingerprint density at radius 2 is 1.80 bits per heavy atom. The fraction of sp³-hybridized carbons (Fsp3) is 0.609. The molecule has 0 radical (unpaired) electrons. The standard InChI is InChI=1S/C23H31NO6/c1-15(19(25)28-14-16-9-7-6-8-10-16)29-20(26)23(13-18(23)17-11-12-17)24(5)21(27)30-22(2,3)4/h6-10,15,17-18H,11-14H2,1-5H3/t15-,18+,23?/m1/s1. The zero-order valence-corrected chi connectivity index (χ0v) is 18.3. The van der Waals surface area contributed by atoms with Crippen LogP contribution in [0.2, 0.25) is 0 Å². The fourth-order valence-corrected chi connectivity index (χ4v) is 3.74. The van der Waals surface area contributed by atoms with E-state index >= 15 is 0 Å². The number of benzene rings is 1. The van der Waals surface area contributed by atoms with E-state index in [0.29, 0.717) is 12.3 Å². The Morgan fingerprint density at radius 3 is 2.37 bits per heavy atom. The molecule has 2 aliphatic carbocycles. The first-order valence-corrected chi connectivity index (χ1v) is 10.4. The zero-order valence-electron chi connectivity index (χ0n) is 18.3. The number of hydrogen-bond donors (Lipinski definition) is 0. The Hall–Kier alpha value is -2.57. The third-order valence-corrected chi connectivity index (χ3v) is 5.63. The topological polar surface area (TPSA) is 82.1 Å². The van der Waals surface area contributed by atoms with Gasteiger partial charge in [0.15, 0.2) is 6.10 Å². The van der Waals surface area contributed by atoms with Crippen molar-refractivity contribution in [3.8, 4) is 0 Å². The molecule has 1 aromatic rings. The molecule has 3 rings (SSSR count). The summed E-state index contributed by atoms with van der Waals surface area (Å²) in [5.41, 5.74) is -0.895. The minimum Gasteiger partial charge on any atom is -0.458 e. The van der Waals surface area contributed by atoms with Gasteiger partial charge in [-0.3, -0.25) is 4.90 Å². The van der Waals surface area contributed by atoms with E-state index in [1.165, 1.54) is 11.8 Å². The summed E-state index contributed by atoms with van der Waals surface area (Å²) in [5, 5.41) is 0. The van der Waals surface area contributed by atoms with Crippen LogP contribution >= 0.6 is 0 Å². The molecule has 0 heterocycles. The maximum absolute atomic E-state index is 13.1. The molecule has 30 heavy (non-hydrogen) atoms. The number of carbonyl (C=O) groups excluding carboxylic acids is 3. The molecule has 0 aliphatic heterocycles. The molecule has 164 valence electrons. The molecule has 1 unspecified atom stereocenters. The van der Waals surface area contributed by atoms with E-state index in [1.54, 1.807) is 27.8 Å². The summed E-state index contributed by atoms with van der Waals surface area (Å²) in [5.74, 6) is -0.749. The maximum Gasteiger partial charge on any atom is 0.410 e. The average Bonchev–Trinajstić information content (AvgIpc) is 3.57. The molecule has 2 aliphatic rings. The average molecular weight is 418 g/mol. The van der Waals surface area contributed by atoms with Gasteiger partial charge in [0.05, 0.1) is 0 Å². The van der Waals surface area contributed by atoms with Crippen LogP contribution in [0.15, 0.2) is 30.3 Å². The summed E-state index contributed by atoms with van der Waals surface area (Å²) in [6, 6.07) is 9.28. The van der Waals surface area contributed by atoms with Gasteiger partial charge < -0.3 is 14.2 Å². The lowest BCUT2D eigenvalue weighted by Crippen LogP contribution is -2.50. The highest BCUT2D eigenvalue weighted by Crippen LogP contribution is 2.60. The van der Waals surface area contributed by atoms with Crippen molar-refractivity contribution in [2.24, 2.45) is 11.8 Å². The van der Waals surface area contributed by atoms with Crippen LogP contribution in [0.1, 0.15) is 52.5 Å². The van der Waals surface area contributed by atoms with Gasteiger partial charge in [-0.2, -0.15) is 0 Å². The third-order valence-electron chi connectivity index (χ3n) is 5.63. The van der Waals surface area contributed by atoms with Crippen LogP contribution in [-0.4, -0.2) is 47.2 Å². The molecular weight excluding hydrogens is 386 g/mol. The summed E-state index contributed by atoms with van der Waals surface area (Å²) in [6.45, 7) is 6.93. The van der Waals surface area contributed by atoms with Gasteiger partial charge in [0.25, 0.3) is 0 Å². The maximum atomic E-state index is 13.1. The monoisotopic (exact) mass is 417 g/mol. The minimum absolute atomic E-state index is 0.0371. The van der Waals surface area contributed by atoms with E-state index in [9.17, 15) is 14.4 Å². The van der Waals surface area contributed by atoms with E-state index in [2.05, 4.69) is 0 Å². The quantitative estimate of drug-likeness (QED) is 0.497. The number of carbonyl (C=O) groups is 3.